The minimum absolute atomic E-state index is 0. The van der Waals surface area contributed by atoms with Crippen LogP contribution in [-0.2, 0) is 0 Å². The van der Waals surface area contributed by atoms with E-state index in [4.69, 9.17) is 10.7 Å². The van der Waals surface area contributed by atoms with Crippen LogP contribution in [0.15, 0.2) is 24.3 Å². The summed E-state index contributed by atoms with van der Waals surface area (Å²) in [6, 6.07) is 7.15. The number of anilines is 4. The van der Waals surface area contributed by atoms with E-state index in [1.807, 2.05) is 12.1 Å². The second kappa shape index (κ2) is 15.1. The number of benzene rings is 1. The molecule has 0 unspecified atom stereocenters. The lowest BCUT2D eigenvalue weighted by Gasteiger charge is -2.30. The summed E-state index contributed by atoms with van der Waals surface area (Å²) in [6.07, 6.45) is 7.10. The standard InChI is InChI=1S/C20H27N7O.ClH.4H3N.4H2/c21-17(28)15-9-3-4-10-16(15)22-18-23-19(26-11-5-1-6-12-26)25-20(24-18)27-13-7-2-8-14-27;;;;;;;;;/h3-4,9-10H,1-2,5-8,11-14H2,(H2,21,28)(H,22,23,24,25);1H;4*1H3;4*1H. The lowest BCUT2D eigenvalue weighted by atomic mass is 10.1. The molecule has 1 aromatic heterocycles. The molecule has 0 saturated carbocycles. The number of primary amides is 1. The third-order valence-electron chi connectivity index (χ3n) is 5.33. The van der Waals surface area contributed by atoms with Crippen molar-refractivity contribution in [3.05, 3.63) is 29.8 Å². The van der Waals surface area contributed by atoms with Gasteiger partial charge >= 0.3 is 0 Å². The molecule has 4 rings (SSSR count). The van der Waals surface area contributed by atoms with Gasteiger partial charge in [0, 0.05) is 31.9 Å². The van der Waals surface area contributed by atoms with E-state index in [-0.39, 0.29) is 42.7 Å². The number of piperidine rings is 2. The second-order valence-corrected chi connectivity index (χ2v) is 7.39. The van der Waals surface area contributed by atoms with Crippen LogP contribution in [0, 0.1) is 0 Å². The largest absolute Gasteiger partial charge is 0.366 e. The van der Waals surface area contributed by atoms with E-state index < -0.39 is 5.91 Å². The summed E-state index contributed by atoms with van der Waals surface area (Å²) in [5, 5.41) is 3.20. The van der Waals surface area contributed by atoms with Crippen LogP contribution in [0.3, 0.4) is 0 Å². The van der Waals surface area contributed by atoms with Gasteiger partial charge < -0.3 is 45.5 Å². The first-order valence-corrected chi connectivity index (χ1v) is 10.1. The van der Waals surface area contributed by atoms with Gasteiger partial charge in [-0.3, -0.25) is 4.79 Å². The van der Waals surface area contributed by atoms with Crippen LogP contribution in [0.4, 0.5) is 23.5 Å². The Kier molecular flexibility index (Phi) is 14.9. The smallest absolute Gasteiger partial charge is 0.250 e. The number of hydrogen-bond acceptors (Lipinski definition) is 11. The third-order valence-corrected chi connectivity index (χ3v) is 5.33. The molecule has 3 heterocycles. The molecule has 2 fully saturated rings. The number of carbonyl (C=O) groups excluding carboxylic acids is 1. The quantitative estimate of drug-likeness (QED) is 0.331. The minimum atomic E-state index is -0.482. The fourth-order valence-electron chi connectivity index (χ4n) is 3.81. The van der Waals surface area contributed by atoms with Crippen molar-refractivity contribution in [1.82, 2.24) is 39.6 Å². The maximum absolute atomic E-state index is 11.8. The van der Waals surface area contributed by atoms with Crippen molar-refractivity contribution in [2.75, 3.05) is 41.3 Å². The molecule has 2 aliphatic heterocycles. The van der Waals surface area contributed by atoms with E-state index in [0.717, 1.165) is 51.9 Å². The van der Waals surface area contributed by atoms with Crippen molar-refractivity contribution >= 4 is 41.8 Å². The van der Waals surface area contributed by atoms with E-state index in [1.165, 1.54) is 12.8 Å². The van der Waals surface area contributed by atoms with Crippen LogP contribution in [0.2, 0.25) is 0 Å². The number of carbonyl (C=O) groups is 1. The van der Waals surface area contributed by atoms with Gasteiger partial charge in [-0.05, 0) is 50.7 Å². The van der Waals surface area contributed by atoms with Crippen LogP contribution in [0.25, 0.3) is 0 Å². The van der Waals surface area contributed by atoms with Gasteiger partial charge in [-0.15, -0.1) is 12.4 Å². The zero-order valence-electron chi connectivity index (χ0n) is 19.3. The van der Waals surface area contributed by atoms with Gasteiger partial charge in [0.05, 0.1) is 11.3 Å². The molecule has 0 bridgehead atoms. The molecule has 33 heavy (non-hydrogen) atoms. The highest BCUT2D eigenvalue weighted by molar-refractivity contribution is 5.99. The van der Waals surface area contributed by atoms with Crippen LogP contribution in [0.1, 0.15) is 54.6 Å². The summed E-state index contributed by atoms with van der Waals surface area (Å²) >= 11 is 0. The zero-order valence-corrected chi connectivity index (χ0v) is 20.2. The molecule has 12 nitrogen and oxygen atoms in total. The number of nitrogens with two attached hydrogens (primary N) is 1. The Bertz CT molecular complexity index is 825. The average Bonchev–Trinajstić information content (AvgIpc) is 2.75. The molecule has 2 aromatic rings. The molecule has 196 valence electrons. The number of halogens is 1. The summed E-state index contributed by atoms with van der Waals surface area (Å²) in [7, 11) is 0. The van der Waals surface area contributed by atoms with Crippen LogP contribution in [-0.4, -0.2) is 47.0 Å². The molecular weight excluding hydrogens is 446 g/mol. The van der Waals surface area contributed by atoms with Gasteiger partial charge in [-0.2, -0.15) is 15.0 Å². The third kappa shape index (κ3) is 7.94. The predicted molar refractivity (Wildman–Crippen MR) is 146 cm³/mol. The Morgan fingerprint density at radius 1 is 0.788 bits per heavy atom. The topological polar surface area (TPSA) is 240 Å². The number of aromatic nitrogens is 3. The molecule has 2 saturated heterocycles. The van der Waals surface area contributed by atoms with Gasteiger partial charge in [-0.25, -0.2) is 0 Å². The number of nitrogens with zero attached hydrogens (tertiary/aromatic N) is 5. The van der Waals surface area contributed by atoms with Crippen molar-refractivity contribution in [2.24, 2.45) is 5.73 Å². The highest BCUT2D eigenvalue weighted by Crippen LogP contribution is 2.25. The van der Waals surface area contributed by atoms with Gasteiger partial charge in [0.25, 0.3) is 5.91 Å². The average molecular weight is 494 g/mol. The first kappa shape index (κ1) is 32.4. The summed E-state index contributed by atoms with van der Waals surface area (Å²) in [5.74, 6) is 1.37. The first-order valence-electron chi connectivity index (χ1n) is 10.1. The SMILES string of the molecule is Cl.N.N.N.N.NC(=O)c1ccccc1Nc1nc(N2CCCCC2)nc(N2CCCCC2)n1.[HH].[HH].[HH].[HH]. The molecule has 0 radical (unpaired) electrons. The molecule has 2 aliphatic rings. The second-order valence-electron chi connectivity index (χ2n) is 7.39. The zero-order chi connectivity index (χ0) is 19.3. The molecule has 0 spiro atoms. The van der Waals surface area contributed by atoms with E-state index >= 15 is 0 Å². The molecular formula is C20H48ClN11O. The molecule has 0 aliphatic carbocycles. The number of nitrogens with one attached hydrogen (secondary N) is 1. The van der Waals surface area contributed by atoms with Gasteiger partial charge in [0.2, 0.25) is 17.8 Å². The number of hydrogen-bond donors (Lipinski definition) is 6. The molecule has 0 atom stereocenters. The van der Waals surface area contributed by atoms with Gasteiger partial charge in [0.1, 0.15) is 0 Å². The highest BCUT2D eigenvalue weighted by Gasteiger charge is 2.21. The number of amides is 1. The maximum Gasteiger partial charge on any atom is 0.250 e. The minimum Gasteiger partial charge on any atom is -0.366 e. The summed E-state index contributed by atoms with van der Waals surface area (Å²) in [6.45, 7) is 3.84. The highest BCUT2D eigenvalue weighted by atomic mass is 35.5. The maximum atomic E-state index is 11.8. The summed E-state index contributed by atoms with van der Waals surface area (Å²) in [5.41, 5.74) is 6.54. The van der Waals surface area contributed by atoms with E-state index in [2.05, 4.69) is 25.1 Å². The van der Waals surface area contributed by atoms with Crippen molar-refractivity contribution in [3.63, 3.8) is 0 Å². The number of rotatable bonds is 5. The Balaban J connectivity index is -0.000000267. The van der Waals surface area contributed by atoms with Crippen molar-refractivity contribution in [1.29, 1.82) is 0 Å². The molecule has 15 N–H and O–H groups in total. The van der Waals surface area contributed by atoms with Crippen LogP contribution in [0.5, 0.6) is 0 Å². The Morgan fingerprint density at radius 2 is 1.24 bits per heavy atom. The first-order chi connectivity index (χ1) is 13.7. The normalized spacial score (nSPS) is 14.8. The Hall–Kier alpha value is -2.77. The van der Waals surface area contributed by atoms with Crippen LogP contribution >= 0.6 is 12.4 Å². The van der Waals surface area contributed by atoms with Gasteiger partial charge in [0.15, 0.2) is 0 Å². The number of para-hydroxylation sites is 1. The van der Waals surface area contributed by atoms with Crippen molar-refractivity contribution in [3.8, 4) is 0 Å². The molecule has 13 heteroatoms. The summed E-state index contributed by atoms with van der Waals surface area (Å²) < 4.78 is 0. The predicted octanol–water partition coefficient (Wildman–Crippen LogP) is 4.75. The fourth-order valence-corrected chi connectivity index (χ4v) is 3.81. The monoisotopic (exact) mass is 493 g/mol. The van der Waals surface area contributed by atoms with E-state index in [0.29, 0.717) is 29.1 Å². The lowest BCUT2D eigenvalue weighted by molar-refractivity contribution is 0.100. The summed E-state index contributed by atoms with van der Waals surface area (Å²) in [4.78, 5) is 30.3. The van der Waals surface area contributed by atoms with E-state index in [9.17, 15) is 4.79 Å². The Morgan fingerprint density at radius 3 is 1.70 bits per heavy atom. The van der Waals surface area contributed by atoms with E-state index in [1.54, 1.807) is 12.1 Å². The molecule has 1 amide bonds. The van der Waals surface area contributed by atoms with Gasteiger partial charge in [-0.1, -0.05) is 12.1 Å². The van der Waals surface area contributed by atoms with Crippen molar-refractivity contribution < 1.29 is 10.5 Å². The van der Waals surface area contributed by atoms with Crippen molar-refractivity contribution in [2.45, 2.75) is 38.5 Å². The fraction of sp³-hybridized carbons (Fsp3) is 0.500. The van der Waals surface area contributed by atoms with Crippen LogP contribution < -0.4 is 45.5 Å². The molecule has 1 aromatic carbocycles. The Labute approximate surface area is 207 Å². The lowest BCUT2D eigenvalue weighted by Crippen LogP contribution is -2.34.